The van der Waals surface area contributed by atoms with Gasteiger partial charge in [-0.25, -0.2) is 19.5 Å². The molecule has 1 N–H and O–H groups in total. The summed E-state index contributed by atoms with van der Waals surface area (Å²) in [5, 5.41) is 9.73. The molecule has 2 aromatic rings. The molecule has 2 aliphatic rings. The molecule has 0 spiro atoms. The second kappa shape index (κ2) is 5.53. The molecule has 8 nitrogen and oxygen atoms in total. The van der Waals surface area contributed by atoms with Crippen LogP contribution in [0.5, 0.6) is 11.5 Å². The van der Waals surface area contributed by atoms with E-state index in [-0.39, 0.29) is 6.79 Å². The third-order valence-electron chi connectivity index (χ3n) is 4.14. The lowest BCUT2D eigenvalue weighted by Crippen LogP contribution is -2.38. The van der Waals surface area contributed by atoms with E-state index in [4.69, 9.17) is 9.47 Å². The van der Waals surface area contributed by atoms with Gasteiger partial charge in [0.1, 0.15) is 11.6 Å². The van der Waals surface area contributed by atoms with Crippen molar-refractivity contribution in [3.8, 4) is 23.3 Å². The van der Waals surface area contributed by atoms with Crippen LogP contribution in [0.1, 0.15) is 13.8 Å². The third-order valence-corrected chi connectivity index (χ3v) is 5.16. The standard InChI is InChI=1S/C16H13N3O5S/c1-3-4-9-8(2)18(16(21)22)15(20)19(9)14-17-12-11(25-14)6-5-10-13(12)24-7-23-10/h5-6,8-9H,7H2,1-2H3,(H,21,22)/t8-,9?/m0/s1. The van der Waals surface area contributed by atoms with Gasteiger partial charge in [0.25, 0.3) is 0 Å². The normalized spacial score (nSPS) is 21.6. The molecule has 1 fully saturated rings. The molecule has 0 radical (unpaired) electrons. The third kappa shape index (κ3) is 2.18. The summed E-state index contributed by atoms with van der Waals surface area (Å²) in [5.41, 5.74) is 0.590. The summed E-state index contributed by atoms with van der Waals surface area (Å²) in [6.45, 7) is 3.43. The summed E-state index contributed by atoms with van der Waals surface area (Å²) in [4.78, 5) is 30.7. The number of imide groups is 1. The minimum absolute atomic E-state index is 0.123. The Morgan fingerprint density at radius 1 is 1.44 bits per heavy atom. The van der Waals surface area contributed by atoms with Crippen molar-refractivity contribution in [1.82, 2.24) is 9.88 Å². The van der Waals surface area contributed by atoms with Gasteiger partial charge >= 0.3 is 12.1 Å². The highest BCUT2D eigenvalue weighted by atomic mass is 32.1. The van der Waals surface area contributed by atoms with Crippen molar-refractivity contribution in [2.75, 3.05) is 11.7 Å². The summed E-state index contributed by atoms with van der Waals surface area (Å²) >= 11 is 1.28. The Hall–Kier alpha value is -2.99. The number of thiazole rings is 1. The van der Waals surface area contributed by atoms with Crippen LogP contribution in [0, 0.1) is 11.8 Å². The summed E-state index contributed by atoms with van der Waals surface area (Å²) < 4.78 is 11.6. The molecule has 1 aromatic heterocycles. The maximum absolute atomic E-state index is 12.7. The fourth-order valence-corrected chi connectivity index (χ4v) is 4.00. The van der Waals surface area contributed by atoms with Gasteiger partial charge in [0, 0.05) is 0 Å². The van der Waals surface area contributed by atoms with Gasteiger partial charge in [0.05, 0.1) is 10.7 Å². The second-order valence-electron chi connectivity index (χ2n) is 5.53. The van der Waals surface area contributed by atoms with Crippen LogP contribution in [-0.2, 0) is 0 Å². The molecule has 1 unspecified atom stereocenters. The van der Waals surface area contributed by atoms with Crippen LogP contribution in [0.15, 0.2) is 12.1 Å². The van der Waals surface area contributed by atoms with E-state index in [0.717, 1.165) is 9.60 Å². The lowest BCUT2D eigenvalue weighted by molar-refractivity contribution is 0.148. The van der Waals surface area contributed by atoms with E-state index in [1.165, 1.54) is 16.2 Å². The quantitative estimate of drug-likeness (QED) is 0.787. The van der Waals surface area contributed by atoms with Crippen LogP contribution < -0.4 is 14.4 Å². The van der Waals surface area contributed by atoms with Crippen LogP contribution in [0.3, 0.4) is 0 Å². The molecule has 3 heterocycles. The summed E-state index contributed by atoms with van der Waals surface area (Å²) in [5.74, 6) is 6.81. The summed E-state index contributed by atoms with van der Waals surface area (Å²) in [6, 6.07) is 1.77. The number of carbonyl (C=O) groups is 2. The van der Waals surface area contributed by atoms with E-state index in [0.29, 0.717) is 22.1 Å². The van der Waals surface area contributed by atoms with Crippen LogP contribution in [-0.4, -0.2) is 46.0 Å². The smallest absolute Gasteiger partial charge is 0.415 e. The zero-order chi connectivity index (χ0) is 17.7. The minimum atomic E-state index is -1.30. The van der Waals surface area contributed by atoms with Gasteiger partial charge < -0.3 is 14.6 Å². The average Bonchev–Trinajstić information content (AvgIpc) is 3.23. The number of hydrogen-bond donors (Lipinski definition) is 1. The van der Waals surface area contributed by atoms with Crippen molar-refractivity contribution >= 4 is 38.8 Å². The monoisotopic (exact) mass is 359 g/mol. The van der Waals surface area contributed by atoms with Crippen molar-refractivity contribution in [1.29, 1.82) is 0 Å². The molecule has 25 heavy (non-hydrogen) atoms. The lowest BCUT2D eigenvalue weighted by Gasteiger charge is -2.17. The molecule has 0 aliphatic carbocycles. The van der Waals surface area contributed by atoms with Gasteiger partial charge in [-0.1, -0.05) is 17.3 Å². The van der Waals surface area contributed by atoms with Gasteiger partial charge in [0.2, 0.25) is 6.79 Å². The Kier molecular flexibility index (Phi) is 3.43. The van der Waals surface area contributed by atoms with Crippen molar-refractivity contribution in [2.24, 2.45) is 0 Å². The van der Waals surface area contributed by atoms with Crippen LogP contribution in [0.4, 0.5) is 14.7 Å². The molecule has 4 rings (SSSR count). The minimum Gasteiger partial charge on any atom is -0.465 e. The number of hydrogen-bond acceptors (Lipinski definition) is 6. The van der Waals surface area contributed by atoms with Gasteiger partial charge in [-0.05, 0) is 26.0 Å². The van der Waals surface area contributed by atoms with Gasteiger partial charge in [-0.3, -0.25) is 4.90 Å². The first-order chi connectivity index (χ1) is 12.0. The van der Waals surface area contributed by atoms with E-state index < -0.39 is 24.2 Å². The lowest BCUT2D eigenvalue weighted by atomic mass is 10.1. The molecule has 0 saturated carbocycles. The first-order valence-electron chi connectivity index (χ1n) is 7.49. The second-order valence-corrected chi connectivity index (χ2v) is 6.54. The molecule has 128 valence electrons. The fraction of sp³-hybridized carbons (Fsp3) is 0.312. The number of benzene rings is 1. The SMILES string of the molecule is CC#CC1[C@H](C)N(C(=O)O)C(=O)N1c1nc2c3c(ccc2s1)OCO3. The predicted octanol–water partition coefficient (Wildman–Crippen LogP) is 2.73. The van der Waals surface area contributed by atoms with Crippen LogP contribution >= 0.6 is 11.3 Å². The Balaban J connectivity index is 1.84. The van der Waals surface area contributed by atoms with Crippen LogP contribution in [0.25, 0.3) is 10.2 Å². The van der Waals surface area contributed by atoms with E-state index in [2.05, 4.69) is 16.8 Å². The number of fused-ring (bicyclic) bond motifs is 3. The van der Waals surface area contributed by atoms with Crippen molar-refractivity contribution in [3.63, 3.8) is 0 Å². The number of urea groups is 1. The largest absolute Gasteiger partial charge is 0.465 e. The molecule has 2 aliphatic heterocycles. The topological polar surface area (TPSA) is 92.2 Å². The number of carbonyl (C=O) groups excluding carboxylic acids is 1. The molecular weight excluding hydrogens is 346 g/mol. The number of aromatic nitrogens is 1. The van der Waals surface area contributed by atoms with Crippen molar-refractivity contribution in [3.05, 3.63) is 12.1 Å². The highest BCUT2D eigenvalue weighted by Crippen LogP contribution is 2.43. The maximum atomic E-state index is 12.7. The fourth-order valence-electron chi connectivity index (χ4n) is 3.00. The number of nitrogens with zero attached hydrogens (tertiary/aromatic N) is 3. The average molecular weight is 359 g/mol. The molecule has 9 heteroatoms. The summed E-state index contributed by atoms with van der Waals surface area (Å²) in [7, 11) is 0. The van der Waals surface area contributed by atoms with E-state index >= 15 is 0 Å². The Labute approximate surface area is 146 Å². The number of amides is 3. The zero-order valence-electron chi connectivity index (χ0n) is 13.3. The number of anilines is 1. The predicted molar refractivity (Wildman–Crippen MR) is 90.2 cm³/mol. The Bertz CT molecular complexity index is 960. The molecule has 2 atom stereocenters. The maximum Gasteiger partial charge on any atom is 0.415 e. The first kappa shape index (κ1) is 15.5. The van der Waals surface area contributed by atoms with E-state index in [9.17, 15) is 14.7 Å². The first-order valence-corrected chi connectivity index (χ1v) is 8.31. The van der Waals surface area contributed by atoms with E-state index in [1.54, 1.807) is 19.9 Å². The van der Waals surface area contributed by atoms with E-state index in [1.807, 2.05) is 6.07 Å². The van der Waals surface area contributed by atoms with Gasteiger partial charge in [0.15, 0.2) is 16.6 Å². The number of carboxylic acid groups (broad SMARTS) is 1. The van der Waals surface area contributed by atoms with Crippen molar-refractivity contribution in [2.45, 2.75) is 25.9 Å². The highest BCUT2D eigenvalue weighted by molar-refractivity contribution is 7.22. The molecule has 3 amide bonds. The highest BCUT2D eigenvalue weighted by Gasteiger charge is 2.48. The van der Waals surface area contributed by atoms with Gasteiger partial charge in [-0.15, -0.1) is 5.92 Å². The molecular formula is C16H13N3O5S. The zero-order valence-corrected chi connectivity index (χ0v) is 14.2. The number of ether oxygens (including phenoxy) is 2. The number of rotatable bonds is 1. The van der Waals surface area contributed by atoms with Crippen molar-refractivity contribution < 1.29 is 24.2 Å². The molecule has 0 bridgehead atoms. The Morgan fingerprint density at radius 3 is 2.96 bits per heavy atom. The molecule has 1 saturated heterocycles. The van der Waals surface area contributed by atoms with Crippen LogP contribution in [0.2, 0.25) is 0 Å². The van der Waals surface area contributed by atoms with Gasteiger partial charge in [-0.2, -0.15) is 0 Å². The Morgan fingerprint density at radius 2 is 2.24 bits per heavy atom. The molecule has 1 aromatic carbocycles. The summed E-state index contributed by atoms with van der Waals surface area (Å²) in [6.07, 6.45) is -1.30.